The Labute approximate surface area is 256 Å². The number of ether oxygens (including phenoxy) is 4. The monoisotopic (exact) mass is 588 g/mol. The minimum absolute atomic E-state index is 0.139. The van der Waals surface area contributed by atoms with E-state index in [1.165, 1.54) is 0 Å². The summed E-state index contributed by atoms with van der Waals surface area (Å²) in [6.07, 6.45) is 2.38. The summed E-state index contributed by atoms with van der Waals surface area (Å²) < 4.78 is 24.8. The molecule has 4 aromatic carbocycles. The summed E-state index contributed by atoms with van der Waals surface area (Å²) in [5.41, 5.74) is 1.71. The number of carbonyl (C=O) groups excluding carboxylic acids is 2. The van der Waals surface area contributed by atoms with Crippen LogP contribution in [0, 0.1) is 0 Å². The van der Waals surface area contributed by atoms with E-state index >= 15 is 0 Å². The van der Waals surface area contributed by atoms with Gasteiger partial charge in [0.05, 0.1) is 0 Å². The molecule has 0 bridgehead atoms. The van der Waals surface area contributed by atoms with Crippen molar-refractivity contribution >= 4 is 11.8 Å². The average molecular weight is 589 g/mol. The second-order valence-electron chi connectivity index (χ2n) is 10.8. The highest BCUT2D eigenvalue weighted by Crippen LogP contribution is 2.44. The third-order valence-corrected chi connectivity index (χ3v) is 8.20. The van der Waals surface area contributed by atoms with Crippen LogP contribution in [-0.2, 0) is 9.59 Å². The first-order chi connectivity index (χ1) is 21.7. The maximum absolute atomic E-state index is 13.6. The van der Waals surface area contributed by atoms with Crippen molar-refractivity contribution in [1.29, 1.82) is 0 Å². The molecule has 4 aromatic rings. The van der Waals surface area contributed by atoms with Gasteiger partial charge in [0, 0.05) is 24.2 Å². The summed E-state index contributed by atoms with van der Waals surface area (Å²) in [4.78, 5) is 30.8. The largest absolute Gasteiger partial charge is 0.489 e. The number of carbonyl (C=O) groups is 2. The number of nitrogens with zero attached hydrogens (tertiary/aromatic N) is 2. The second kappa shape index (κ2) is 12.2. The van der Waals surface area contributed by atoms with E-state index in [2.05, 4.69) is 0 Å². The van der Waals surface area contributed by atoms with E-state index in [1.54, 1.807) is 9.80 Å². The van der Waals surface area contributed by atoms with Gasteiger partial charge in [0.2, 0.25) is 12.2 Å². The molecule has 0 unspecified atom stereocenters. The van der Waals surface area contributed by atoms with Crippen molar-refractivity contribution in [3.05, 3.63) is 132 Å². The van der Waals surface area contributed by atoms with Crippen LogP contribution in [-0.4, -0.2) is 60.1 Å². The van der Waals surface area contributed by atoms with Crippen LogP contribution >= 0.6 is 0 Å². The van der Waals surface area contributed by atoms with E-state index in [9.17, 15) is 9.59 Å². The molecule has 0 aromatic heterocycles. The Balaban J connectivity index is 1.22. The molecule has 0 aliphatic carbocycles. The molecular weight excluding hydrogens is 556 g/mol. The number of rotatable bonds is 4. The standard InChI is InChI=1S/C36H32N2O6/c39-35-33(43-25-13-3-1-4-14-25)31-27-17-7-9-19-29(27)41-23-11-12-24-42-30-20-10-8-18-28(30)32-34(44-26-15-5-2-6-16-26)36(40)38(32)22-21-37(31)35/h1-20,31-34H,21-24H2/b12-11-/t31-,32-,33+,34+/m0/s1. The summed E-state index contributed by atoms with van der Waals surface area (Å²) >= 11 is 0. The molecule has 44 heavy (non-hydrogen) atoms. The van der Waals surface area contributed by atoms with E-state index in [4.69, 9.17) is 18.9 Å². The molecular formula is C36H32N2O6. The van der Waals surface area contributed by atoms with Gasteiger partial charge in [-0.05, 0) is 48.6 Å². The highest BCUT2D eigenvalue weighted by molar-refractivity contribution is 5.91. The summed E-state index contributed by atoms with van der Waals surface area (Å²) in [5.74, 6) is 2.31. The molecule has 0 radical (unpaired) electrons. The Morgan fingerprint density at radius 1 is 0.523 bits per heavy atom. The quantitative estimate of drug-likeness (QED) is 0.236. The van der Waals surface area contributed by atoms with Gasteiger partial charge < -0.3 is 28.7 Å². The minimum Gasteiger partial charge on any atom is -0.489 e. The maximum atomic E-state index is 13.6. The van der Waals surface area contributed by atoms with Crippen LogP contribution in [0.5, 0.6) is 23.0 Å². The molecule has 8 nitrogen and oxygen atoms in total. The Morgan fingerprint density at radius 2 is 0.909 bits per heavy atom. The lowest BCUT2D eigenvalue weighted by molar-refractivity contribution is -0.172. The fourth-order valence-corrected chi connectivity index (χ4v) is 6.06. The molecule has 222 valence electrons. The molecule has 8 heteroatoms. The molecule has 2 saturated heterocycles. The van der Waals surface area contributed by atoms with Gasteiger partial charge in [-0.2, -0.15) is 0 Å². The second-order valence-corrected chi connectivity index (χ2v) is 10.8. The number of hydrogen-bond donors (Lipinski definition) is 0. The summed E-state index contributed by atoms with van der Waals surface area (Å²) in [5, 5.41) is 0. The first-order valence-corrected chi connectivity index (χ1v) is 14.8. The molecule has 3 heterocycles. The van der Waals surface area contributed by atoms with Crippen LogP contribution < -0.4 is 18.9 Å². The highest BCUT2D eigenvalue weighted by Gasteiger charge is 2.54. The van der Waals surface area contributed by atoms with E-state index < -0.39 is 24.3 Å². The maximum Gasteiger partial charge on any atom is 0.266 e. The van der Waals surface area contributed by atoms with Crippen molar-refractivity contribution in [3.63, 3.8) is 0 Å². The molecule has 3 aliphatic heterocycles. The van der Waals surface area contributed by atoms with Gasteiger partial charge in [0.15, 0.2) is 0 Å². The summed E-state index contributed by atoms with van der Waals surface area (Å²) in [7, 11) is 0. The van der Waals surface area contributed by atoms with Crippen LogP contribution in [0.25, 0.3) is 0 Å². The smallest absolute Gasteiger partial charge is 0.266 e. The molecule has 7 rings (SSSR count). The van der Waals surface area contributed by atoms with Crippen molar-refractivity contribution in [2.45, 2.75) is 24.3 Å². The minimum atomic E-state index is -0.720. The number of amides is 2. The van der Waals surface area contributed by atoms with E-state index in [0.29, 0.717) is 49.3 Å². The van der Waals surface area contributed by atoms with Crippen molar-refractivity contribution in [3.8, 4) is 23.0 Å². The van der Waals surface area contributed by atoms with Gasteiger partial charge in [0.25, 0.3) is 11.8 Å². The van der Waals surface area contributed by atoms with Crippen molar-refractivity contribution in [2.75, 3.05) is 26.3 Å². The zero-order valence-electron chi connectivity index (χ0n) is 24.0. The topological polar surface area (TPSA) is 77.5 Å². The van der Waals surface area contributed by atoms with E-state index in [-0.39, 0.29) is 11.8 Å². The highest BCUT2D eigenvalue weighted by atomic mass is 16.5. The Kier molecular flexibility index (Phi) is 7.63. The molecule has 3 aliphatic rings. The predicted molar refractivity (Wildman–Crippen MR) is 164 cm³/mol. The fourth-order valence-electron chi connectivity index (χ4n) is 6.06. The van der Waals surface area contributed by atoms with Crippen molar-refractivity contribution < 1.29 is 28.5 Å². The van der Waals surface area contributed by atoms with Crippen LogP contribution in [0.3, 0.4) is 0 Å². The molecule has 0 spiro atoms. The molecule has 2 fully saturated rings. The zero-order chi connectivity index (χ0) is 29.9. The van der Waals surface area contributed by atoms with E-state index in [0.717, 1.165) is 11.1 Å². The third-order valence-electron chi connectivity index (χ3n) is 8.20. The van der Waals surface area contributed by atoms with Crippen LogP contribution in [0.2, 0.25) is 0 Å². The number of benzene rings is 4. The normalized spacial score (nSPS) is 23.6. The van der Waals surface area contributed by atoms with Crippen molar-refractivity contribution in [2.24, 2.45) is 0 Å². The van der Waals surface area contributed by atoms with Crippen molar-refractivity contribution in [1.82, 2.24) is 9.80 Å². The lowest BCUT2D eigenvalue weighted by atomic mass is 9.88. The van der Waals surface area contributed by atoms with Crippen LogP contribution in [0.15, 0.2) is 121 Å². The summed E-state index contributed by atoms with van der Waals surface area (Å²) in [6.45, 7) is 1.31. The van der Waals surface area contributed by atoms with E-state index in [1.807, 2.05) is 121 Å². The molecule has 0 saturated carbocycles. The predicted octanol–water partition coefficient (Wildman–Crippen LogP) is 5.38. The van der Waals surface area contributed by atoms with Crippen LogP contribution in [0.4, 0.5) is 0 Å². The number of para-hydroxylation sites is 4. The summed E-state index contributed by atoms with van der Waals surface area (Å²) in [6, 6.07) is 33.3. The third kappa shape index (κ3) is 5.24. The molecule has 2 amide bonds. The number of fused-ring (bicyclic) bond motifs is 6. The number of hydrogen-bond acceptors (Lipinski definition) is 6. The molecule has 0 N–H and O–H groups in total. The fraction of sp³-hybridized carbons (Fsp3) is 0.222. The van der Waals surface area contributed by atoms with Gasteiger partial charge in [-0.3, -0.25) is 9.59 Å². The van der Waals surface area contributed by atoms with Gasteiger partial charge in [-0.1, -0.05) is 72.8 Å². The first kappa shape index (κ1) is 27.6. The average Bonchev–Trinajstić information content (AvgIpc) is 3.07. The lowest BCUT2D eigenvalue weighted by Gasteiger charge is -2.51. The zero-order valence-corrected chi connectivity index (χ0v) is 24.0. The Morgan fingerprint density at radius 3 is 1.34 bits per heavy atom. The number of β-lactam (4-membered cyclic amide) rings is 2. The van der Waals surface area contributed by atoms with Gasteiger partial charge in [0.1, 0.15) is 48.3 Å². The lowest BCUT2D eigenvalue weighted by Crippen LogP contribution is -2.66. The first-order valence-electron chi connectivity index (χ1n) is 14.8. The SMILES string of the molecule is O=C1[C@H](Oc2ccccc2)[C@@H]2c3ccccc3OC/C=C\COc3ccccc3[C@H]3[C@@H](Oc4ccccc4)C(=O)N3CCN12. The van der Waals surface area contributed by atoms with Gasteiger partial charge in [-0.25, -0.2) is 0 Å². The Hall–Kier alpha value is -5.24. The van der Waals surface area contributed by atoms with Gasteiger partial charge >= 0.3 is 0 Å². The Bertz CT molecular complexity index is 1540. The van der Waals surface area contributed by atoms with Gasteiger partial charge in [-0.15, -0.1) is 0 Å². The van der Waals surface area contributed by atoms with Crippen LogP contribution in [0.1, 0.15) is 23.2 Å². The molecule has 4 atom stereocenters.